The summed E-state index contributed by atoms with van der Waals surface area (Å²) in [7, 11) is 0. The van der Waals surface area contributed by atoms with Crippen LogP contribution in [0.2, 0.25) is 0 Å². The van der Waals surface area contributed by atoms with Gasteiger partial charge >= 0.3 is 0 Å². The predicted octanol–water partition coefficient (Wildman–Crippen LogP) is 4.39. The van der Waals surface area contributed by atoms with Crippen LogP contribution in [-0.4, -0.2) is 11.5 Å². The van der Waals surface area contributed by atoms with E-state index in [1.165, 1.54) is 31.2 Å². The molecule has 1 fully saturated rings. The molecule has 0 aliphatic heterocycles. The predicted molar refractivity (Wildman–Crippen MR) is 76.3 cm³/mol. The molecular weight excluding hydrogens is 276 g/mol. The van der Waals surface area contributed by atoms with E-state index < -0.39 is 0 Å². The van der Waals surface area contributed by atoms with Gasteiger partial charge in [0.25, 0.3) is 0 Å². The number of pyridine rings is 1. The van der Waals surface area contributed by atoms with Crippen LogP contribution >= 0.6 is 15.9 Å². The zero-order valence-electron chi connectivity index (χ0n) is 10.7. The fourth-order valence-electron chi connectivity index (χ4n) is 2.66. The number of nitrogens with zero attached hydrogens (tertiary/aromatic N) is 1. The van der Waals surface area contributed by atoms with E-state index in [1.54, 1.807) is 0 Å². The summed E-state index contributed by atoms with van der Waals surface area (Å²) in [4.78, 5) is 4.31. The van der Waals surface area contributed by atoms with Crippen molar-refractivity contribution >= 4 is 21.6 Å². The van der Waals surface area contributed by atoms with E-state index in [0.717, 1.165) is 28.7 Å². The molecule has 0 bridgehead atoms. The van der Waals surface area contributed by atoms with Gasteiger partial charge in [-0.3, -0.25) is 0 Å². The number of rotatable bonds is 3. The summed E-state index contributed by atoms with van der Waals surface area (Å²) in [5.41, 5.74) is 2.33. The Labute approximate surface area is 112 Å². The molecule has 0 spiro atoms. The maximum Gasteiger partial charge on any atom is 0.109 e. The third-order valence-electron chi connectivity index (χ3n) is 3.65. The largest absolute Gasteiger partial charge is 0.384 e. The fraction of sp³-hybridized carbons (Fsp3) is 0.643. The Morgan fingerprint density at radius 3 is 3.00 bits per heavy atom. The summed E-state index contributed by atoms with van der Waals surface area (Å²) in [5, 5.41) is 3.52. The van der Waals surface area contributed by atoms with Crippen LogP contribution in [0.3, 0.4) is 0 Å². The van der Waals surface area contributed by atoms with Gasteiger partial charge in [0, 0.05) is 6.54 Å². The van der Waals surface area contributed by atoms with Crippen molar-refractivity contribution in [1.82, 2.24) is 4.98 Å². The van der Waals surface area contributed by atoms with Gasteiger partial charge in [-0.15, -0.1) is 0 Å². The van der Waals surface area contributed by atoms with Gasteiger partial charge in [0.05, 0.1) is 11.9 Å². The van der Waals surface area contributed by atoms with Crippen LogP contribution in [0.4, 0.5) is 5.69 Å². The summed E-state index contributed by atoms with van der Waals surface area (Å²) in [6.07, 6.45) is 7.46. The average Bonchev–Trinajstić information content (AvgIpc) is 2.31. The maximum absolute atomic E-state index is 4.31. The molecule has 2 atom stereocenters. The number of hydrogen-bond donors (Lipinski definition) is 1. The first-order valence-corrected chi connectivity index (χ1v) is 7.30. The Balaban J connectivity index is 1.86. The highest BCUT2D eigenvalue weighted by Crippen LogP contribution is 2.28. The molecule has 1 saturated carbocycles. The Morgan fingerprint density at radius 2 is 2.29 bits per heavy atom. The van der Waals surface area contributed by atoms with Crippen LogP contribution in [0.25, 0.3) is 0 Å². The van der Waals surface area contributed by atoms with Crippen LogP contribution in [0, 0.1) is 18.8 Å². The summed E-state index contributed by atoms with van der Waals surface area (Å²) >= 11 is 3.43. The first-order valence-electron chi connectivity index (χ1n) is 6.51. The summed E-state index contributed by atoms with van der Waals surface area (Å²) in [6.45, 7) is 5.54. The molecule has 1 aromatic rings. The Bertz CT molecular complexity index is 378. The molecule has 0 radical (unpaired) electrons. The van der Waals surface area contributed by atoms with E-state index in [4.69, 9.17) is 0 Å². The van der Waals surface area contributed by atoms with Crippen molar-refractivity contribution < 1.29 is 0 Å². The second-order valence-corrected chi connectivity index (χ2v) is 6.10. The topological polar surface area (TPSA) is 24.9 Å². The SMILES string of the molecule is Cc1cc(NCC2CCCC(C)C2)cnc1Br. The first-order chi connectivity index (χ1) is 8.15. The van der Waals surface area contributed by atoms with Gasteiger partial charge in [0.2, 0.25) is 0 Å². The quantitative estimate of drug-likeness (QED) is 0.837. The van der Waals surface area contributed by atoms with Gasteiger partial charge in [0.15, 0.2) is 0 Å². The monoisotopic (exact) mass is 296 g/mol. The van der Waals surface area contributed by atoms with Crippen LogP contribution in [0.5, 0.6) is 0 Å². The molecule has 1 aliphatic carbocycles. The van der Waals surface area contributed by atoms with Gasteiger partial charge in [-0.2, -0.15) is 0 Å². The lowest BCUT2D eigenvalue weighted by molar-refractivity contribution is 0.293. The van der Waals surface area contributed by atoms with Crippen LogP contribution in [0.1, 0.15) is 38.2 Å². The van der Waals surface area contributed by atoms with Crippen molar-refractivity contribution in [2.24, 2.45) is 11.8 Å². The minimum absolute atomic E-state index is 0.836. The normalized spacial score (nSPS) is 24.6. The third kappa shape index (κ3) is 3.70. The van der Waals surface area contributed by atoms with Gasteiger partial charge in [-0.05, 0) is 59.2 Å². The van der Waals surface area contributed by atoms with Crippen LogP contribution < -0.4 is 5.32 Å². The van der Waals surface area contributed by atoms with Crippen LogP contribution in [0.15, 0.2) is 16.9 Å². The van der Waals surface area contributed by atoms with Crippen molar-refractivity contribution in [3.63, 3.8) is 0 Å². The lowest BCUT2D eigenvalue weighted by Gasteiger charge is -2.27. The van der Waals surface area contributed by atoms with E-state index in [-0.39, 0.29) is 0 Å². The lowest BCUT2D eigenvalue weighted by atomic mass is 9.82. The average molecular weight is 297 g/mol. The Kier molecular flexibility index (Phi) is 4.43. The molecule has 0 amide bonds. The van der Waals surface area contributed by atoms with E-state index in [1.807, 2.05) is 6.20 Å². The lowest BCUT2D eigenvalue weighted by Crippen LogP contribution is -2.21. The number of nitrogens with one attached hydrogen (secondary N) is 1. The molecular formula is C14H21BrN2. The zero-order valence-corrected chi connectivity index (χ0v) is 12.3. The molecule has 1 aliphatic rings. The number of halogens is 1. The summed E-state index contributed by atoms with van der Waals surface area (Å²) in [5.74, 6) is 1.74. The van der Waals surface area contributed by atoms with E-state index in [0.29, 0.717) is 0 Å². The van der Waals surface area contributed by atoms with Gasteiger partial charge in [0.1, 0.15) is 4.60 Å². The van der Waals surface area contributed by atoms with Crippen molar-refractivity contribution in [2.45, 2.75) is 39.5 Å². The van der Waals surface area contributed by atoms with E-state index in [2.05, 4.69) is 46.1 Å². The molecule has 1 N–H and O–H groups in total. The summed E-state index contributed by atoms with van der Waals surface area (Å²) < 4.78 is 0.939. The van der Waals surface area contributed by atoms with Crippen molar-refractivity contribution in [3.05, 3.63) is 22.4 Å². The van der Waals surface area contributed by atoms with Gasteiger partial charge in [-0.25, -0.2) is 4.98 Å². The molecule has 94 valence electrons. The molecule has 2 nitrogen and oxygen atoms in total. The highest BCUT2D eigenvalue weighted by molar-refractivity contribution is 9.10. The smallest absolute Gasteiger partial charge is 0.109 e. The molecule has 2 unspecified atom stereocenters. The number of anilines is 1. The van der Waals surface area contributed by atoms with Crippen LogP contribution in [-0.2, 0) is 0 Å². The minimum atomic E-state index is 0.836. The van der Waals surface area contributed by atoms with Crippen molar-refractivity contribution in [1.29, 1.82) is 0 Å². The van der Waals surface area contributed by atoms with Crippen molar-refractivity contribution in [3.8, 4) is 0 Å². The first kappa shape index (κ1) is 12.9. The highest BCUT2D eigenvalue weighted by Gasteiger charge is 2.18. The second-order valence-electron chi connectivity index (χ2n) is 5.35. The Hall–Kier alpha value is -0.570. The third-order valence-corrected chi connectivity index (χ3v) is 4.48. The number of aryl methyl sites for hydroxylation is 1. The van der Waals surface area contributed by atoms with Gasteiger partial charge in [-0.1, -0.05) is 19.8 Å². The standard InChI is InChI=1S/C14H21BrN2/c1-10-4-3-5-12(6-10)8-16-13-7-11(2)14(15)17-9-13/h7,9-10,12,16H,3-6,8H2,1-2H3. The minimum Gasteiger partial charge on any atom is -0.384 e. The van der Waals surface area contributed by atoms with E-state index in [9.17, 15) is 0 Å². The molecule has 1 heterocycles. The van der Waals surface area contributed by atoms with E-state index >= 15 is 0 Å². The molecule has 0 saturated heterocycles. The number of aromatic nitrogens is 1. The molecule has 17 heavy (non-hydrogen) atoms. The van der Waals surface area contributed by atoms with Crippen molar-refractivity contribution in [2.75, 3.05) is 11.9 Å². The molecule has 3 heteroatoms. The molecule has 1 aromatic heterocycles. The molecule has 2 rings (SSSR count). The summed E-state index contributed by atoms with van der Waals surface area (Å²) in [6, 6.07) is 2.16. The van der Waals surface area contributed by atoms with Gasteiger partial charge < -0.3 is 5.32 Å². The fourth-order valence-corrected chi connectivity index (χ4v) is 2.88. The number of hydrogen-bond acceptors (Lipinski definition) is 2. The maximum atomic E-state index is 4.31. The highest BCUT2D eigenvalue weighted by atomic mass is 79.9. The zero-order chi connectivity index (χ0) is 12.3. The molecule has 0 aromatic carbocycles. The second kappa shape index (κ2) is 5.85. The Morgan fingerprint density at radius 1 is 1.47 bits per heavy atom.